The van der Waals surface area contributed by atoms with E-state index in [0.717, 1.165) is 22.2 Å². The molecule has 1 heterocycles. The Morgan fingerprint density at radius 1 is 1.14 bits per heavy atom. The van der Waals surface area contributed by atoms with Crippen LogP contribution in [0, 0.1) is 0 Å². The summed E-state index contributed by atoms with van der Waals surface area (Å²) in [4.78, 5) is 4.56. The number of amidine groups is 1. The summed E-state index contributed by atoms with van der Waals surface area (Å²) < 4.78 is 16.1. The summed E-state index contributed by atoms with van der Waals surface area (Å²) in [7, 11) is 4.81. The van der Waals surface area contributed by atoms with Crippen LogP contribution < -0.4 is 19.6 Å². The van der Waals surface area contributed by atoms with Gasteiger partial charge in [-0.1, -0.05) is 11.8 Å². The SMILES string of the molecule is COc1cc(C2=NNC(=NC3CC3)SC2)cc(OC)c1OC. The fourth-order valence-corrected chi connectivity index (χ4v) is 2.99. The molecule has 1 aromatic carbocycles. The van der Waals surface area contributed by atoms with Crippen LogP contribution >= 0.6 is 11.8 Å². The number of hydrogen-bond acceptors (Lipinski definition) is 6. The van der Waals surface area contributed by atoms with Crippen molar-refractivity contribution in [3.63, 3.8) is 0 Å². The summed E-state index contributed by atoms with van der Waals surface area (Å²) in [6.45, 7) is 0. The summed E-state index contributed by atoms with van der Waals surface area (Å²) in [6.07, 6.45) is 2.38. The average Bonchev–Trinajstić information content (AvgIpc) is 3.38. The number of methoxy groups -OCH3 is 3. The number of ether oxygens (including phenoxy) is 3. The Kier molecular flexibility index (Phi) is 4.42. The van der Waals surface area contributed by atoms with Crippen LogP contribution in [0.3, 0.4) is 0 Å². The molecular formula is C15H19N3O3S. The number of hydrazone groups is 1. The molecule has 0 aromatic heterocycles. The lowest BCUT2D eigenvalue weighted by Gasteiger charge is -2.18. The zero-order valence-corrected chi connectivity index (χ0v) is 13.7. The Bertz CT molecular complexity index is 601. The second-order valence-corrected chi connectivity index (χ2v) is 6.00. The summed E-state index contributed by atoms with van der Waals surface area (Å²) in [5.74, 6) is 2.60. The van der Waals surface area contributed by atoms with Crippen molar-refractivity contribution in [3.05, 3.63) is 17.7 Å². The van der Waals surface area contributed by atoms with Crippen LogP contribution in [-0.4, -0.2) is 44.0 Å². The number of thioether (sulfide) groups is 1. The summed E-state index contributed by atoms with van der Waals surface area (Å²) in [5, 5.41) is 5.33. The highest BCUT2D eigenvalue weighted by Gasteiger charge is 2.23. The predicted molar refractivity (Wildman–Crippen MR) is 88.7 cm³/mol. The van der Waals surface area contributed by atoms with E-state index in [-0.39, 0.29) is 0 Å². The van der Waals surface area contributed by atoms with Crippen LogP contribution in [-0.2, 0) is 0 Å². The minimum absolute atomic E-state index is 0.493. The van der Waals surface area contributed by atoms with Crippen molar-refractivity contribution in [2.24, 2.45) is 10.1 Å². The van der Waals surface area contributed by atoms with Gasteiger partial charge < -0.3 is 14.2 Å². The van der Waals surface area contributed by atoms with Gasteiger partial charge in [-0.2, -0.15) is 5.10 Å². The van der Waals surface area contributed by atoms with Gasteiger partial charge in [-0.3, -0.25) is 10.4 Å². The number of aliphatic imine (C=N–C) groups is 1. The Hall–Kier alpha value is -1.89. The van der Waals surface area contributed by atoms with Crippen LogP contribution in [0.5, 0.6) is 17.2 Å². The molecule has 2 aliphatic rings. The van der Waals surface area contributed by atoms with Crippen molar-refractivity contribution < 1.29 is 14.2 Å². The molecule has 1 saturated carbocycles. The van der Waals surface area contributed by atoms with Crippen molar-refractivity contribution >= 4 is 22.6 Å². The first-order chi connectivity index (χ1) is 10.7. The fraction of sp³-hybridized carbons (Fsp3) is 0.467. The van der Waals surface area contributed by atoms with Crippen LogP contribution in [0.15, 0.2) is 22.2 Å². The molecular weight excluding hydrogens is 302 g/mol. The number of nitrogens with zero attached hydrogens (tertiary/aromatic N) is 2. The first-order valence-electron chi connectivity index (χ1n) is 7.08. The quantitative estimate of drug-likeness (QED) is 0.901. The molecule has 118 valence electrons. The molecule has 1 aliphatic heterocycles. The molecule has 3 rings (SSSR count). The van der Waals surface area contributed by atoms with Crippen LogP contribution in [0.4, 0.5) is 0 Å². The molecule has 1 N–H and O–H groups in total. The topological polar surface area (TPSA) is 64.4 Å². The third-order valence-electron chi connectivity index (χ3n) is 3.48. The summed E-state index contributed by atoms with van der Waals surface area (Å²) >= 11 is 1.67. The smallest absolute Gasteiger partial charge is 0.203 e. The molecule has 0 unspecified atom stereocenters. The number of hydrogen-bond donors (Lipinski definition) is 1. The van der Waals surface area contributed by atoms with Gasteiger partial charge in [0, 0.05) is 11.3 Å². The molecule has 0 saturated heterocycles. The standard InChI is InChI=1S/C15H19N3O3S/c1-19-12-6-9(7-13(20-2)14(12)21-3)11-8-22-15(18-17-11)16-10-4-5-10/h6-7,10H,4-5,8H2,1-3H3,(H,16,18). The monoisotopic (exact) mass is 321 g/mol. The van der Waals surface area contributed by atoms with Gasteiger partial charge in [-0.15, -0.1) is 0 Å². The van der Waals surface area contributed by atoms with Gasteiger partial charge in [0.2, 0.25) is 5.75 Å². The molecule has 0 radical (unpaired) electrons. The van der Waals surface area contributed by atoms with E-state index in [1.165, 1.54) is 12.8 Å². The van der Waals surface area contributed by atoms with E-state index in [1.54, 1.807) is 33.1 Å². The second kappa shape index (κ2) is 6.48. The molecule has 1 aliphatic carbocycles. The zero-order chi connectivity index (χ0) is 15.5. The van der Waals surface area contributed by atoms with Gasteiger partial charge in [0.15, 0.2) is 16.7 Å². The van der Waals surface area contributed by atoms with Crippen molar-refractivity contribution in [1.82, 2.24) is 5.43 Å². The molecule has 0 spiro atoms. The maximum absolute atomic E-state index is 5.38. The van der Waals surface area contributed by atoms with Crippen LogP contribution in [0.25, 0.3) is 0 Å². The van der Waals surface area contributed by atoms with Crippen molar-refractivity contribution in [3.8, 4) is 17.2 Å². The predicted octanol–water partition coefficient (Wildman–Crippen LogP) is 2.27. The molecule has 1 fully saturated rings. The molecule has 7 heteroatoms. The molecule has 0 bridgehead atoms. The molecule has 1 aromatic rings. The molecule has 22 heavy (non-hydrogen) atoms. The maximum Gasteiger partial charge on any atom is 0.203 e. The van der Waals surface area contributed by atoms with E-state index in [4.69, 9.17) is 14.2 Å². The third kappa shape index (κ3) is 3.14. The lowest BCUT2D eigenvalue weighted by molar-refractivity contribution is 0.324. The van der Waals surface area contributed by atoms with Crippen LogP contribution in [0.1, 0.15) is 18.4 Å². The van der Waals surface area contributed by atoms with E-state index < -0.39 is 0 Å². The molecule has 6 nitrogen and oxygen atoms in total. The maximum atomic E-state index is 5.38. The minimum atomic E-state index is 0.493. The Morgan fingerprint density at radius 2 is 1.82 bits per heavy atom. The van der Waals surface area contributed by atoms with E-state index in [2.05, 4.69) is 15.5 Å². The zero-order valence-electron chi connectivity index (χ0n) is 12.9. The van der Waals surface area contributed by atoms with Crippen LogP contribution in [0.2, 0.25) is 0 Å². The normalized spacial score (nSPS) is 19.4. The minimum Gasteiger partial charge on any atom is -0.493 e. The van der Waals surface area contributed by atoms with Crippen molar-refractivity contribution in [1.29, 1.82) is 0 Å². The number of nitrogens with one attached hydrogen (secondary N) is 1. The van der Waals surface area contributed by atoms with Crippen molar-refractivity contribution in [2.45, 2.75) is 18.9 Å². The highest BCUT2D eigenvalue weighted by Crippen LogP contribution is 2.38. The first kappa shape index (κ1) is 15.0. The van der Waals surface area contributed by atoms with E-state index in [0.29, 0.717) is 23.3 Å². The van der Waals surface area contributed by atoms with E-state index in [9.17, 15) is 0 Å². The van der Waals surface area contributed by atoms with Crippen molar-refractivity contribution in [2.75, 3.05) is 27.1 Å². The van der Waals surface area contributed by atoms with E-state index in [1.807, 2.05) is 12.1 Å². The van der Waals surface area contributed by atoms with Gasteiger partial charge in [-0.25, -0.2) is 0 Å². The number of benzene rings is 1. The van der Waals surface area contributed by atoms with Gasteiger partial charge in [0.1, 0.15) is 0 Å². The number of rotatable bonds is 5. The average molecular weight is 321 g/mol. The summed E-state index contributed by atoms with van der Waals surface area (Å²) in [5.41, 5.74) is 4.90. The van der Waals surface area contributed by atoms with Gasteiger partial charge >= 0.3 is 0 Å². The van der Waals surface area contributed by atoms with Gasteiger partial charge in [0.25, 0.3) is 0 Å². The summed E-state index contributed by atoms with van der Waals surface area (Å²) in [6, 6.07) is 4.31. The van der Waals surface area contributed by atoms with E-state index >= 15 is 0 Å². The largest absolute Gasteiger partial charge is 0.493 e. The highest BCUT2D eigenvalue weighted by molar-refractivity contribution is 8.14. The highest BCUT2D eigenvalue weighted by atomic mass is 32.2. The third-order valence-corrected chi connectivity index (χ3v) is 4.36. The lowest BCUT2D eigenvalue weighted by Crippen LogP contribution is -2.25. The first-order valence-corrected chi connectivity index (χ1v) is 8.07. The lowest BCUT2D eigenvalue weighted by atomic mass is 10.1. The Labute approximate surface area is 133 Å². The Balaban J connectivity index is 1.86. The fourth-order valence-electron chi connectivity index (χ4n) is 2.15. The second-order valence-electron chi connectivity index (χ2n) is 5.04. The molecule has 0 atom stereocenters. The van der Waals surface area contributed by atoms with Gasteiger partial charge in [0.05, 0.1) is 33.1 Å². The Morgan fingerprint density at radius 3 is 2.27 bits per heavy atom. The molecule has 0 amide bonds. The van der Waals surface area contributed by atoms with Gasteiger partial charge in [-0.05, 0) is 25.0 Å².